The summed E-state index contributed by atoms with van der Waals surface area (Å²) in [4.78, 5) is 11.5. The normalized spacial score (nSPS) is 17.9. The Labute approximate surface area is 146 Å². The summed E-state index contributed by atoms with van der Waals surface area (Å²) in [6.07, 6.45) is 8.27. The number of fused-ring (bicyclic) bond motifs is 1. The fraction of sp³-hybridized carbons (Fsp3) is 0.350. The van der Waals surface area contributed by atoms with Crippen molar-refractivity contribution >= 4 is 28.6 Å². The summed E-state index contributed by atoms with van der Waals surface area (Å²) in [5.41, 5.74) is 2.77. The zero-order valence-electron chi connectivity index (χ0n) is 14.3. The highest BCUT2D eigenvalue weighted by molar-refractivity contribution is 6.01. The summed E-state index contributed by atoms with van der Waals surface area (Å²) < 4.78 is 28.5. The molecule has 1 aliphatic rings. The molecule has 0 unspecified atom stereocenters. The van der Waals surface area contributed by atoms with E-state index in [1.807, 2.05) is 48.2 Å². The van der Waals surface area contributed by atoms with Gasteiger partial charge in [-0.2, -0.15) is 0 Å². The van der Waals surface area contributed by atoms with Crippen molar-refractivity contribution in [1.29, 1.82) is 0 Å². The molecule has 1 amide bonds. The number of anilines is 1. The van der Waals surface area contributed by atoms with Crippen molar-refractivity contribution in [3.63, 3.8) is 0 Å². The molecule has 1 N–H and O–H groups in total. The van der Waals surface area contributed by atoms with Crippen molar-refractivity contribution in [2.45, 2.75) is 31.6 Å². The van der Waals surface area contributed by atoms with E-state index in [0.29, 0.717) is 18.5 Å². The van der Waals surface area contributed by atoms with Crippen LogP contribution >= 0.6 is 0 Å². The molecule has 0 saturated heterocycles. The molecule has 0 aliphatic heterocycles. The van der Waals surface area contributed by atoms with Gasteiger partial charge >= 0.3 is 0 Å². The highest BCUT2D eigenvalue weighted by Crippen LogP contribution is 2.37. The Morgan fingerprint density at radius 2 is 2.08 bits per heavy atom. The molecule has 0 atom stereocenters. The molecule has 1 fully saturated rings. The number of aryl methyl sites for hydroxylation is 1. The summed E-state index contributed by atoms with van der Waals surface area (Å²) in [6.45, 7) is 3.45. The number of alkyl halides is 2. The number of hydrogen-bond donors (Lipinski definition) is 1. The third-order valence-electron chi connectivity index (χ3n) is 4.78. The average molecular weight is 344 g/mol. The van der Waals surface area contributed by atoms with E-state index in [1.54, 1.807) is 0 Å². The van der Waals surface area contributed by atoms with Gasteiger partial charge in [0.15, 0.2) is 0 Å². The Morgan fingerprint density at radius 3 is 2.76 bits per heavy atom. The van der Waals surface area contributed by atoms with Gasteiger partial charge in [-0.15, -0.1) is 0 Å². The van der Waals surface area contributed by atoms with Crippen LogP contribution in [-0.2, 0) is 11.8 Å². The lowest BCUT2D eigenvalue weighted by atomic mass is 9.86. The van der Waals surface area contributed by atoms with E-state index in [2.05, 4.69) is 11.9 Å². The summed E-state index contributed by atoms with van der Waals surface area (Å²) in [6, 6.07) is 5.72. The lowest BCUT2D eigenvalue weighted by molar-refractivity contribution is -0.111. The molecule has 5 heteroatoms. The Morgan fingerprint density at radius 1 is 1.36 bits per heavy atom. The molecule has 1 aliphatic carbocycles. The third-order valence-corrected chi connectivity index (χ3v) is 4.78. The second-order valence-corrected chi connectivity index (χ2v) is 6.67. The number of halogens is 2. The molecule has 3 rings (SSSR count). The number of amides is 1. The lowest BCUT2D eigenvalue weighted by Crippen LogP contribution is -2.23. The van der Waals surface area contributed by atoms with E-state index >= 15 is 0 Å². The molecule has 1 heterocycles. The lowest BCUT2D eigenvalue weighted by Gasteiger charge is -2.26. The van der Waals surface area contributed by atoms with Gasteiger partial charge in [-0.25, -0.2) is 8.78 Å². The second-order valence-electron chi connectivity index (χ2n) is 6.67. The number of rotatable bonds is 4. The number of carbonyl (C=O) groups excluding carboxylic acids is 1. The first kappa shape index (κ1) is 17.4. The van der Waals surface area contributed by atoms with Crippen LogP contribution in [0, 0.1) is 5.92 Å². The SMILES string of the molecule is C=CC(=O)Nc1ccc2c(c1)c(C=CC1CCC(F)(F)CC1)cn2C. The van der Waals surface area contributed by atoms with E-state index in [0.717, 1.165) is 16.5 Å². The van der Waals surface area contributed by atoms with E-state index in [1.165, 1.54) is 6.08 Å². The third kappa shape index (κ3) is 3.98. The number of hydrogen-bond acceptors (Lipinski definition) is 1. The van der Waals surface area contributed by atoms with Crippen LogP contribution in [0.2, 0.25) is 0 Å². The molecule has 0 radical (unpaired) electrons. The predicted octanol–water partition coefficient (Wildman–Crippen LogP) is 5.14. The van der Waals surface area contributed by atoms with Crippen LogP contribution in [0.25, 0.3) is 17.0 Å². The fourth-order valence-electron chi connectivity index (χ4n) is 3.32. The van der Waals surface area contributed by atoms with Crippen LogP contribution in [0.5, 0.6) is 0 Å². The van der Waals surface area contributed by atoms with Crippen molar-refractivity contribution in [3.8, 4) is 0 Å². The Balaban J connectivity index is 1.83. The summed E-state index contributed by atoms with van der Waals surface area (Å²) in [5.74, 6) is -2.56. The first-order valence-electron chi connectivity index (χ1n) is 8.46. The zero-order chi connectivity index (χ0) is 18.0. The number of benzene rings is 1. The molecule has 25 heavy (non-hydrogen) atoms. The van der Waals surface area contributed by atoms with Crippen LogP contribution in [-0.4, -0.2) is 16.4 Å². The topological polar surface area (TPSA) is 34.0 Å². The Kier molecular flexibility index (Phi) is 4.75. The highest BCUT2D eigenvalue weighted by atomic mass is 19.3. The second kappa shape index (κ2) is 6.82. The Hall–Kier alpha value is -2.43. The first-order valence-corrected chi connectivity index (χ1v) is 8.46. The van der Waals surface area contributed by atoms with Crippen molar-refractivity contribution in [3.05, 3.63) is 48.7 Å². The minimum Gasteiger partial charge on any atom is -0.350 e. The summed E-state index contributed by atoms with van der Waals surface area (Å²) >= 11 is 0. The monoisotopic (exact) mass is 344 g/mol. The van der Waals surface area contributed by atoms with Gasteiger partial charge in [0, 0.05) is 42.7 Å². The maximum atomic E-state index is 13.3. The van der Waals surface area contributed by atoms with Crippen molar-refractivity contribution in [1.82, 2.24) is 4.57 Å². The van der Waals surface area contributed by atoms with Gasteiger partial charge in [0.25, 0.3) is 0 Å². The van der Waals surface area contributed by atoms with Gasteiger partial charge < -0.3 is 9.88 Å². The number of aromatic nitrogens is 1. The van der Waals surface area contributed by atoms with Crippen LogP contribution in [0.3, 0.4) is 0 Å². The maximum absolute atomic E-state index is 13.3. The Bertz CT molecular complexity index is 826. The van der Waals surface area contributed by atoms with Crippen LogP contribution in [0.4, 0.5) is 14.5 Å². The zero-order valence-corrected chi connectivity index (χ0v) is 14.3. The van der Waals surface area contributed by atoms with Crippen molar-refractivity contribution < 1.29 is 13.6 Å². The molecule has 3 nitrogen and oxygen atoms in total. The van der Waals surface area contributed by atoms with Gasteiger partial charge in [-0.05, 0) is 48.6 Å². The molecule has 0 bridgehead atoms. The number of nitrogens with one attached hydrogen (secondary N) is 1. The molecular formula is C20H22F2N2O. The van der Waals surface area contributed by atoms with Gasteiger partial charge in [0.1, 0.15) is 0 Å². The smallest absolute Gasteiger partial charge is 0.248 e. The number of allylic oxidation sites excluding steroid dienone is 1. The van der Waals surface area contributed by atoms with E-state index in [9.17, 15) is 13.6 Å². The van der Waals surface area contributed by atoms with E-state index in [4.69, 9.17) is 0 Å². The molecule has 132 valence electrons. The van der Waals surface area contributed by atoms with Crippen LogP contribution in [0.15, 0.2) is 43.1 Å². The van der Waals surface area contributed by atoms with Crippen molar-refractivity contribution in [2.24, 2.45) is 13.0 Å². The average Bonchev–Trinajstić information content (AvgIpc) is 2.89. The minimum absolute atomic E-state index is 0.0325. The molecule has 1 saturated carbocycles. The number of nitrogens with zero attached hydrogens (tertiary/aromatic N) is 1. The number of carbonyl (C=O) groups is 1. The molecular weight excluding hydrogens is 322 g/mol. The van der Waals surface area contributed by atoms with E-state index in [-0.39, 0.29) is 24.7 Å². The highest BCUT2D eigenvalue weighted by Gasteiger charge is 2.33. The summed E-state index contributed by atoms with van der Waals surface area (Å²) in [7, 11) is 1.96. The van der Waals surface area contributed by atoms with Gasteiger partial charge in [0.2, 0.25) is 11.8 Å². The quantitative estimate of drug-likeness (QED) is 0.766. The van der Waals surface area contributed by atoms with Crippen LogP contribution in [0.1, 0.15) is 31.2 Å². The minimum atomic E-state index is -2.50. The molecule has 1 aromatic heterocycles. The van der Waals surface area contributed by atoms with Gasteiger partial charge in [0.05, 0.1) is 0 Å². The standard InChI is InChI=1S/C20H22F2N2O/c1-3-19(25)23-16-6-7-18-17(12-16)15(13-24(18)2)5-4-14-8-10-20(21,22)11-9-14/h3-7,12-14H,1,8-11H2,2H3,(H,23,25). The fourth-order valence-corrected chi connectivity index (χ4v) is 3.32. The molecule has 1 aromatic carbocycles. The largest absolute Gasteiger partial charge is 0.350 e. The molecule has 2 aromatic rings. The first-order chi connectivity index (χ1) is 11.9. The van der Waals surface area contributed by atoms with Gasteiger partial charge in [-0.1, -0.05) is 18.7 Å². The van der Waals surface area contributed by atoms with E-state index < -0.39 is 5.92 Å². The summed E-state index contributed by atoms with van der Waals surface area (Å²) in [5, 5.41) is 3.78. The maximum Gasteiger partial charge on any atom is 0.248 e. The molecule has 0 spiro atoms. The van der Waals surface area contributed by atoms with Crippen molar-refractivity contribution in [2.75, 3.05) is 5.32 Å². The van der Waals surface area contributed by atoms with Gasteiger partial charge in [-0.3, -0.25) is 4.79 Å². The van der Waals surface area contributed by atoms with Crippen LogP contribution < -0.4 is 5.32 Å². The predicted molar refractivity (Wildman–Crippen MR) is 97.7 cm³/mol.